The molecule has 2 fully saturated rings. The fourth-order valence-corrected chi connectivity index (χ4v) is 5.02. The molecule has 2 aromatic heterocycles. The first kappa shape index (κ1) is 29.9. The van der Waals surface area contributed by atoms with E-state index in [0.29, 0.717) is 37.6 Å². The van der Waals surface area contributed by atoms with Crippen LogP contribution in [-0.2, 0) is 24.4 Å². The molecule has 3 aliphatic rings. The van der Waals surface area contributed by atoms with Crippen LogP contribution in [0.2, 0.25) is 0 Å². The molecule has 1 saturated heterocycles. The van der Waals surface area contributed by atoms with Crippen LogP contribution in [0.3, 0.4) is 0 Å². The number of anilines is 2. The van der Waals surface area contributed by atoms with Crippen molar-refractivity contribution in [1.82, 2.24) is 28.7 Å². The third-order valence-corrected chi connectivity index (χ3v) is 7.38. The van der Waals surface area contributed by atoms with E-state index in [1.165, 1.54) is 4.57 Å². The summed E-state index contributed by atoms with van der Waals surface area (Å²) in [6.45, 7) is 14.7. The van der Waals surface area contributed by atoms with Crippen LogP contribution in [0.25, 0.3) is 0 Å². The molecule has 0 aromatic carbocycles. The highest BCUT2D eigenvalue weighted by molar-refractivity contribution is 5.72. The summed E-state index contributed by atoms with van der Waals surface area (Å²) in [6, 6.07) is 0. The smallest absolute Gasteiger partial charge is 0.332 e. The fraction of sp³-hybridized carbons (Fsp3) is 0.690. The van der Waals surface area contributed by atoms with Crippen molar-refractivity contribution in [2.45, 2.75) is 85.3 Å². The first-order chi connectivity index (χ1) is 19.5. The highest BCUT2D eigenvalue weighted by Crippen LogP contribution is 2.39. The molecule has 0 spiro atoms. The van der Waals surface area contributed by atoms with Gasteiger partial charge in [-0.25, -0.2) is 4.79 Å². The van der Waals surface area contributed by atoms with Crippen molar-refractivity contribution < 1.29 is 4.74 Å². The average molecular weight is 555 g/mol. The Morgan fingerprint density at radius 1 is 1.00 bits per heavy atom. The van der Waals surface area contributed by atoms with E-state index in [-0.39, 0.29) is 30.2 Å². The first-order valence-corrected chi connectivity index (χ1v) is 14.9. The van der Waals surface area contributed by atoms with E-state index in [1.807, 2.05) is 49.7 Å². The van der Waals surface area contributed by atoms with E-state index >= 15 is 0 Å². The third-order valence-electron chi connectivity index (χ3n) is 7.38. The monoisotopic (exact) mass is 554 g/mol. The molecule has 1 unspecified atom stereocenters. The topological polar surface area (TPSA) is 92.8 Å². The van der Waals surface area contributed by atoms with Crippen molar-refractivity contribution in [1.29, 1.82) is 0 Å². The van der Waals surface area contributed by atoms with Gasteiger partial charge in [0, 0.05) is 51.0 Å². The standard InChI is InChI=1S/C27H40N8O3.C2H6/c1-4-10-33-25-23(26(36)34(11-5-2)27(33)37)35(20-38-22-8-9-22)24(29-25)21-18-28-32(19-21)13-7-6-12-31-16-14-30(3)15-17-31;1-2/h18-19,22,24,29H,4-5,8-17,20H2,1-3H3;1-2H3. The van der Waals surface area contributed by atoms with E-state index in [0.717, 1.165) is 57.5 Å². The van der Waals surface area contributed by atoms with Crippen LogP contribution in [0.15, 0.2) is 22.0 Å². The van der Waals surface area contributed by atoms with Crippen LogP contribution in [-0.4, -0.2) is 81.3 Å². The minimum atomic E-state index is -0.358. The van der Waals surface area contributed by atoms with Gasteiger partial charge in [-0.05, 0) is 32.7 Å². The number of nitrogens with zero attached hydrogens (tertiary/aromatic N) is 7. The number of piperazine rings is 1. The highest BCUT2D eigenvalue weighted by atomic mass is 16.5. The minimum absolute atomic E-state index is 0.234. The summed E-state index contributed by atoms with van der Waals surface area (Å²) in [6.07, 6.45) is 7.22. The molecule has 1 N–H and O–H groups in total. The maximum Gasteiger partial charge on any atom is 0.332 e. The maximum absolute atomic E-state index is 13.6. The Balaban J connectivity index is 0.00000181. The quantitative estimate of drug-likeness (QED) is 0.448. The van der Waals surface area contributed by atoms with Gasteiger partial charge in [-0.3, -0.25) is 23.5 Å². The Labute approximate surface area is 237 Å². The second-order valence-corrected chi connectivity index (χ2v) is 10.5. The van der Waals surface area contributed by atoms with E-state index in [1.54, 1.807) is 4.57 Å². The zero-order chi connectivity index (χ0) is 28.6. The number of hydrogen-bond donors (Lipinski definition) is 1. The molecule has 40 heavy (non-hydrogen) atoms. The van der Waals surface area contributed by atoms with Gasteiger partial charge in [-0.2, -0.15) is 5.10 Å². The molecule has 11 nitrogen and oxygen atoms in total. The van der Waals surface area contributed by atoms with Crippen LogP contribution in [0, 0.1) is 11.8 Å². The van der Waals surface area contributed by atoms with E-state index < -0.39 is 0 Å². The molecule has 0 radical (unpaired) electrons. The Hall–Kier alpha value is -3.07. The predicted molar refractivity (Wildman–Crippen MR) is 159 cm³/mol. The molecule has 1 saturated carbocycles. The number of aromatic nitrogens is 4. The largest absolute Gasteiger partial charge is 0.358 e. The lowest BCUT2D eigenvalue weighted by atomic mass is 10.2. The molecule has 1 aliphatic carbocycles. The predicted octanol–water partition coefficient (Wildman–Crippen LogP) is 2.37. The van der Waals surface area contributed by atoms with Gasteiger partial charge in [0.1, 0.15) is 30.9 Å². The summed E-state index contributed by atoms with van der Waals surface area (Å²) in [5.74, 6) is 7.09. The number of likely N-dealkylation sites (N-methyl/N-ethyl adjacent to an activating group) is 1. The van der Waals surface area contributed by atoms with Gasteiger partial charge in [0.15, 0.2) is 0 Å². The maximum atomic E-state index is 13.6. The zero-order valence-electron chi connectivity index (χ0n) is 24.9. The molecule has 1 atom stereocenters. The van der Waals surface area contributed by atoms with Crippen LogP contribution < -0.4 is 21.5 Å². The molecule has 0 amide bonds. The van der Waals surface area contributed by atoms with Crippen LogP contribution in [0.1, 0.15) is 65.1 Å². The first-order valence-electron chi connectivity index (χ1n) is 14.9. The fourth-order valence-electron chi connectivity index (χ4n) is 5.02. The summed E-state index contributed by atoms with van der Waals surface area (Å²) < 4.78 is 11.0. The second-order valence-electron chi connectivity index (χ2n) is 10.5. The lowest BCUT2D eigenvalue weighted by molar-refractivity contribution is 0.116. The van der Waals surface area contributed by atoms with Crippen molar-refractivity contribution in [2.75, 3.05) is 56.7 Å². The molecular weight excluding hydrogens is 508 g/mol. The van der Waals surface area contributed by atoms with Crippen molar-refractivity contribution in [3.63, 3.8) is 0 Å². The number of rotatable bonds is 10. The molecule has 11 heteroatoms. The molecule has 2 aromatic rings. The van der Waals surface area contributed by atoms with Gasteiger partial charge in [-0.15, -0.1) is 0 Å². The second kappa shape index (κ2) is 14.0. The lowest BCUT2D eigenvalue weighted by Crippen LogP contribution is -2.44. The van der Waals surface area contributed by atoms with Crippen LogP contribution in [0.4, 0.5) is 11.5 Å². The SMILES string of the molecule is CC.CCCn1c2c(c(=O)n(CCC)c1=O)N(COC1CC1)C(c1cnn(CC#CCN3CCN(C)CC3)c1)N2. The molecule has 2 aliphatic heterocycles. The molecule has 220 valence electrons. The number of ether oxygens (including phenoxy) is 1. The summed E-state index contributed by atoms with van der Waals surface area (Å²) in [5.41, 5.74) is 0.867. The molecule has 0 bridgehead atoms. The van der Waals surface area contributed by atoms with Crippen molar-refractivity contribution in [3.05, 3.63) is 38.8 Å². The average Bonchev–Trinajstić information content (AvgIpc) is 3.55. The van der Waals surface area contributed by atoms with Gasteiger partial charge >= 0.3 is 5.69 Å². The van der Waals surface area contributed by atoms with Gasteiger partial charge in [0.05, 0.1) is 18.8 Å². The number of hydrogen-bond acceptors (Lipinski definition) is 8. The zero-order valence-corrected chi connectivity index (χ0v) is 24.9. The Morgan fingerprint density at radius 3 is 2.35 bits per heavy atom. The summed E-state index contributed by atoms with van der Waals surface area (Å²) in [7, 11) is 2.15. The molecular formula is C29H46N8O3. The van der Waals surface area contributed by atoms with Gasteiger partial charge < -0.3 is 19.9 Å². The molecule has 4 heterocycles. The highest BCUT2D eigenvalue weighted by Gasteiger charge is 2.38. The lowest BCUT2D eigenvalue weighted by Gasteiger charge is -2.30. The van der Waals surface area contributed by atoms with Crippen molar-refractivity contribution in [2.24, 2.45) is 0 Å². The summed E-state index contributed by atoms with van der Waals surface area (Å²) in [4.78, 5) is 33.5. The number of nitrogens with one attached hydrogen (secondary N) is 1. The Kier molecular flexibility index (Phi) is 10.5. The van der Waals surface area contributed by atoms with Gasteiger partial charge in [0.25, 0.3) is 5.56 Å². The van der Waals surface area contributed by atoms with E-state index in [2.05, 4.69) is 39.1 Å². The Bertz CT molecular complexity index is 1290. The normalized spacial score (nSPS) is 18.9. The van der Waals surface area contributed by atoms with Crippen molar-refractivity contribution >= 4 is 11.5 Å². The summed E-state index contributed by atoms with van der Waals surface area (Å²) in [5, 5.41) is 8.01. The van der Waals surface area contributed by atoms with E-state index in [9.17, 15) is 9.59 Å². The van der Waals surface area contributed by atoms with Gasteiger partial charge in [0.2, 0.25) is 0 Å². The number of fused-ring (bicyclic) bond motifs is 1. The van der Waals surface area contributed by atoms with Crippen molar-refractivity contribution in [3.8, 4) is 11.8 Å². The third kappa shape index (κ3) is 6.79. The Morgan fingerprint density at radius 2 is 1.68 bits per heavy atom. The van der Waals surface area contributed by atoms with Crippen LogP contribution in [0.5, 0.6) is 0 Å². The summed E-state index contributed by atoms with van der Waals surface area (Å²) >= 11 is 0. The minimum Gasteiger partial charge on any atom is -0.358 e. The van der Waals surface area contributed by atoms with Crippen LogP contribution >= 0.6 is 0 Å². The molecule has 5 rings (SSSR count). The van der Waals surface area contributed by atoms with E-state index in [4.69, 9.17) is 4.74 Å². The van der Waals surface area contributed by atoms with Gasteiger partial charge in [-0.1, -0.05) is 39.5 Å².